The maximum atomic E-state index is 5.39. The van der Waals surface area contributed by atoms with Crippen molar-refractivity contribution in [2.45, 2.75) is 38.1 Å². The van der Waals surface area contributed by atoms with Crippen LogP contribution >= 0.6 is 0 Å². The molecule has 2 heteroatoms. The minimum absolute atomic E-state index is 0.800. The van der Waals surface area contributed by atoms with Crippen molar-refractivity contribution in [1.82, 2.24) is 5.32 Å². The van der Waals surface area contributed by atoms with E-state index >= 15 is 0 Å². The highest BCUT2D eigenvalue weighted by Gasteiger charge is 2.39. The molecule has 2 nitrogen and oxygen atoms in total. The molecule has 4 unspecified atom stereocenters. The molecule has 0 radical (unpaired) electrons. The largest absolute Gasteiger partial charge is 0.381 e. The van der Waals surface area contributed by atoms with E-state index in [4.69, 9.17) is 4.74 Å². The predicted molar refractivity (Wildman–Crippen MR) is 56.2 cm³/mol. The lowest BCUT2D eigenvalue weighted by Gasteiger charge is -2.24. The molecule has 1 N–H and O–H groups in total. The Balaban J connectivity index is 1.44. The third-order valence-corrected chi connectivity index (χ3v) is 4.43. The lowest BCUT2D eigenvalue weighted by molar-refractivity contribution is 0.183. The normalized spacial score (nSPS) is 46.3. The van der Waals surface area contributed by atoms with Gasteiger partial charge in [-0.1, -0.05) is 6.42 Å². The van der Waals surface area contributed by atoms with Gasteiger partial charge in [0.1, 0.15) is 0 Å². The van der Waals surface area contributed by atoms with Gasteiger partial charge in [0.15, 0.2) is 0 Å². The van der Waals surface area contributed by atoms with Gasteiger partial charge >= 0.3 is 0 Å². The maximum absolute atomic E-state index is 5.39. The van der Waals surface area contributed by atoms with Crippen molar-refractivity contribution in [3.63, 3.8) is 0 Å². The Kier molecular flexibility index (Phi) is 2.50. The molecular formula is C12H21NO. The molecule has 1 saturated heterocycles. The zero-order chi connectivity index (χ0) is 9.38. The molecule has 0 amide bonds. The first-order valence-corrected chi connectivity index (χ1v) is 6.23. The molecule has 2 saturated carbocycles. The molecule has 3 aliphatic rings. The third-order valence-electron chi connectivity index (χ3n) is 4.43. The first-order valence-electron chi connectivity index (χ1n) is 6.23. The molecule has 1 heterocycles. The van der Waals surface area contributed by atoms with Crippen LogP contribution in [0, 0.1) is 17.8 Å². The van der Waals surface area contributed by atoms with Crippen LogP contribution in [0.1, 0.15) is 32.1 Å². The number of hydrogen-bond donors (Lipinski definition) is 1. The van der Waals surface area contributed by atoms with E-state index < -0.39 is 0 Å². The molecule has 80 valence electrons. The average molecular weight is 195 g/mol. The van der Waals surface area contributed by atoms with E-state index in [0.717, 1.165) is 37.0 Å². The van der Waals surface area contributed by atoms with Crippen LogP contribution in [0.2, 0.25) is 0 Å². The van der Waals surface area contributed by atoms with E-state index in [9.17, 15) is 0 Å². The van der Waals surface area contributed by atoms with Crippen LogP contribution in [-0.4, -0.2) is 25.8 Å². The van der Waals surface area contributed by atoms with Crippen LogP contribution < -0.4 is 5.32 Å². The molecule has 3 rings (SSSR count). The highest BCUT2D eigenvalue weighted by Crippen LogP contribution is 2.44. The van der Waals surface area contributed by atoms with Crippen molar-refractivity contribution in [3.05, 3.63) is 0 Å². The van der Waals surface area contributed by atoms with Crippen molar-refractivity contribution in [1.29, 1.82) is 0 Å². The number of ether oxygens (including phenoxy) is 1. The van der Waals surface area contributed by atoms with Crippen molar-refractivity contribution < 1.29 is 4.74 Å². The summed E-state index contributed by atoms with van der Waals surface area (Å²) in [7, 11) is 0. The Hall–Kier alpha value is -0.0800. The summed E-state index contributed by atoms with van der Waals surface area (Å²) < 4.78 is 5.39. The van der Waals surface area contributed by atoms with Gasteiger partial charge in [-0.2, -0.15) is 0 Å². The van der Waals surface area contributed by atoms with Gasteiger partial charge < -0.3 is 10.1 Å². The van der Waals surface area contributed by atoms with Crippen molar-refractivity contribution >= 4 is 0 Å². The molecule has 2 bridgehead atoms. The molecule has 0 aromatic heterocycles. The number of fused-ring (bicyclic) bond motifs is 2. The second kappa shape index (κ2) is 3.82. The fourth-order valence-corrected chi connectivity index (χ4v) is 3.56. The number of nitrogens with one attached hydrogen (secondary N) is 1. The van der Waals surface area contributed by atoms with Gasteiger partial charge in [0.25, 0.3) is 0 Å². The Labute approximate surface area is 86.4 Å². The van der Waals surface area contributed by atoms with E-state index in [1.54, 1.807) is 0 Å². The monoisotopic (exact) mass is 195 g/mol. The molecule has 0 aromatic rings. The quantitative estimate of drug-likeness (QED) is 0.741. The topological polar surface area (TPSA) is 21.3 Å². The summed E-state index contributed by atoms with van der Waals surface area (Å²) in [5, 5.41) is 3.77. The van der Waals surface area contributed by atoms with Gasteiger partial charge in [-0.3, -0.25) is 0 Å². The highest BCUT2D eigenvalue weighted by atomic mass is 16.5. The molecule has 0 aromatic carbocycles. The summed E-state index contributed by atoms with van der Waals surface area (Å²) in [6.07, 6.45) is 7.24. The van der Waals surface area contributed by atoms with Gasteiger partial charge in [0.2, 0.25) is 0 Å². The molecule has 0 spiro atoms. The summed E-state index contributed by atoms with van der Waals surface area (Å²) >= 11 is 0. The third kappa shape index (κ3) is 1.70. The fraction of sp³-hybridized carbons (Fsp3) is 1.00. The number of hydrogen-bond acceptors (Lipinski definition) is 2. The summed E-state index contributed by atoms with van der Waals surface area (Å²) in [6, 6.07) is 0.856. The van der Waals surface area contributed by atoms with Crippen LogP contribution in [0.3, 0.4) is 0 Å². The van der Waals surface area contributed by atoms with Crippen LogP contribution in [0.5, 0.6) is 0 Å². The smallest absolute Gasteiger partial charge is 0.0507 e. The molecule has 14 heavy (non-hydrogen) atoms. The van der Waals surface area contributed by atoms with E-state index in [1.165, 1.54) is 38.6 Å². The molecule has 3 fully saturated rings. The fourth-order valence-electron chi connectivity index (χ4n) is 3.56. The summed E-state index contributed by atoms with van der Waals surface area (Å²) in [6.45, 7) is 3.19. The molecular weight excluding hydrogens is 174 g/mol. The molecule has 2 aliphatic carbocycles. The van der Waals surface area contributed by atoms with Crippen molar-refractivity contribution in [3.8, 4) is 0 Å². The highest BCUT2D eigenvalue weighted by molar-refractivity contribution is 4.94. The van der Waals surface area contributed by atoms with E-state index in [-0.39, 0.29) is 0 Å². The lowest BCUT2D eigenvalue weighted by Crippen LogP contribution is -2.37. The Morgan fingerprint density at radius 3 is 2.79 bits per heavy atom. The predicted octanol–water partition coefficient (Wildman–Crippen LogP) is 1.80. The Morgan fingerprint density at radius 1 is 1.14 bits per heavy atom. The van der Waals surface area contributed by atoms with Gasteiger partial charge in [0.05, 0.1) is 6.61 Å². The second-order valence-electron chi connectivity index (χ2n) is 5.42. The minimum Gasteiger partial charge on any atom is -0.381 e. The average Bonchev–Trinajstić information content (AvgIpc) is 2.91. The Morgan fingerprint density at radius 2 is 2.14 bits per heavy atom. The van der Waals surface area contributed by atoms with Gasteiger partial charge in [0, 0.05) is 19.2 Å². The van der Waals surface area contributed by atoms with Crippen LogP contribution in [0.15, 0.2) is 0 Å². The van der Waals surface area contributed by atoms with Gasteiger partial charge in [-0.05, 0) is 43.4 Å². The van der Waals surface area contributed by atoms with Crippen LogP contribution in [0.25, 0.3) is 0 Å². The van der Waals surface area contributed by atoms with Crippen LogP contribution in [0.4, 0.5) is 0 Å². The van der Waals surface area contributed by atoms with E-state index in [2.05, 4.69) is 5.32 Å². The zero-order valence-corrected chi connectivity index (χ0v) is 8.87. The standard InChI is InChI=1S/C12H21NO/c1-2-11-5-9(1)6-12(11)13-7-10-3-4-14-8-10/h9-13H,1-8H2. The summed E-state index contributed by atoms with van der Waals surface area (Å²) in [5.41, 5.74) is 0. The lowest BCUT2D eigenvalue weighted by atomic mass is 9.95. The van der Waals surface area contributed by atoms with Gasteiger partial charge in [-0.25, -0.2) is 0 Å². The Bertz CT molecular complexity index is 200. The number of rotatable bonds is 3. The molecule has 4 atom stereocenters. The minimum atomic E-state index is 0.800. The van der Waals surface area contributed by atoms with E-state index in [0.29, 0.717) is 0 Å². The van der Waals surface area contributed by atoms with E-state index in [1.807, 2.05) is 0 Å². The zero-order valence-electron chi connectivity index (χ0n) is 8.87. The van der Waals surface area contributed by atoms with Gasteiger partial charge in [-0.15, -0.1) is 0 Å². The summed E-state index contributed by atoms with van der Waals surface area (Å²) in [4.78, 5) is 0. The summed E-state index contributed by atoms with van der Waals surface area (Å²) in [5.74, 6) is 2.88. The first kappa shape index (κ1) is 9.17. The second-order valence-corrected chi connectivity index (χ2v) is 5.42. The van der Waals surface area contributed by atoms with Crippen LogP contribution in [-0.2, 0) is 4.74 Å². The van der Waals surface area contributed by atoms with Crippen molar-refractivity contribution in [2.75, 3.05) is 19.8 Å². The molecule has 1 aliphatic heterocycles. The first-order chi connectivity index (χ1) is 6.92. The SMILES string of the molecule is C1CC(CNC2CC3CCC2C3)CO1. The maximum Gasteiger partial charge on any atom is 0.0507 e. The van der Waals surface area contributed by atoms with Crippen molar-refractivity contribution in [2.24, 2.45) is 17.8 Å².